The van der Waals surface area contributed by atoms with Gasteiger partial charge in [0.15, 0.2) is 0 Å². The molecule has 0 fully saturated rings. The molecule has 1 aromatic carbocycles. The van der Waals surface area contributed by atoms with Crippen LogP contribution < -0.4 is 0 Å². The molecule has 0 amide bonds. The molecule has 110 valence electrons. The van der Waals surface area contributed by atoms with E-state index >= 15 is 0 Å². The standard InChI is InChI=1S/C18H28OSi/c1-7-15(3)20-19-13-14(2)12-16-8-10-17(11-9-16)18(4,5)6/h7-11,13H,12,20H2,1-6H3. The average Bonchev–Trinajstić information content (AvgIpc) is 2.38. The van der Waals surface area contributed by atoms with Gasteiger partial charge in [-0.05, 0) is 49.3 Å². The van der Waals surface area contributed by atoms with E-state index in [-0.39, 0.29) is 5.41 Å². The molecule has 0 heterocycles. The van der Waals surface area contributed by atoms with Crippen molar-refractivity contribution in [2.24, 2.45) is 0 Å². The molecule has 0 N–H and O–H groups in total. The summed E-state index contributed by atoms with van der Waals surface area (Å²) in [7, 11) is -0.537. The minimum Gasteiger partial charge on any atom is -0.551 e. The molecule has 1 nitrogen and oxygen atoms in total. The van der Waals surface area contributed by atoms with Crippen LogP contribution >= 0.6 is 0 Å². The van der Waals surface area contributed by atoms with E-state index in [1.807, 2.05) is 6.26 Å². The molecule has 0 saturated heterocycles. The summed E-state index contributed by atoms with van der Waals surface area (Å²) < 4.78 is 5.71. The van der Waals surface area contributed by atoms with Crippen LogP contribution in [0, 0.1) is 0 Å². The van der Waals surface area contributed by atoms with E-state index in [2.05, 4.69) is 71.9 Å². The van der Waals surface area contributed by atoms with Gasteiger partial charge in [0.1, 0.15) is 0 Å². The highest BCUT2D eigenvalue weighted by atomic mass is 28.2. The maximum absolute atomic E-state index is 5.71. The maximum Gasteiger partial charge on any atom is 0.246 e. The van der Waals surface area contributed by atoms with Crippen molar-refractivity contribution in [3.05, 3.63) is 58.5 Å². The van der Waals surface area contributed by atoms with Crippen LogP contribution in [0.15, 0.2) is 47.4 Å². The van der Waals surface area contributed by atoms with Crippen molar-refractivity contribution in [1.29, 1.82) is 0 Å². The third-order valence-electron chi connectivity index (χ3n) is 3.39. The van der Waals surface area contributed by atoms with Crippen molar-refractivity contribution in [3.8, 4) is 0 Å². The predicted octanol–water partition coefficient (Wildman–Crippen LogP) is 4.45. The molecular weight excluding hydrogens is 260 g/mol. The van der Waals surface area contributed by atoms with Gasteiger partial charge in [-0.15, -0.1) is 0 Å². The highest BCUT2D eigenvalue weighted by molar-refractivity contribution is 6.37. The van der Waals surface area contributed by atoms with Gasteiger partial charge in [-0.25, -0.2) is 0 Å². The summed E-state index contributed by atoms with van der Waals surface area (Å²) in [5, 5.41) is 1.39. The van der Waals surface area contributed by atoms with Crippen molar-refractivity contribution in [2.45, 2.75) is 53.4 Å². The first-order valence-electron chi connectivity index (χ1n) is 7.31. The van der Waals surface area contributed by atoms with Crippen molar-refractivity contribution < 1.29 is 4.43 Å². The Balaban J connectivity index is 2.58. The van der Waals surface area contributed by atoms with Crippen LogP contribution in [0.3, 0.4) is 0 Å². The SMILES string of the molecule is CC=C(C)[SiH2]OC=C(C)Cc1ccc(C(C)(C)C)cc1. The Morgan fingerprint density at radius 3 is 2.25 bits per heavy atom. The van der Waals surface area contributed by atoms with Gasteiger partial charge >= 0.3 is 0 Å². The fourth-order valence-electron chi connectivity index (χ4n) is 1.88. The third kappa shape index (κ3) is 5.79. The van der Waals surface area contributed by atoms with Crippen molar-refractivity contribution in [3.63, 3.8) is 0 Å². The second-order valence-corrected chi connectivity index (χ2v) is 8.27. The van der Waals surface area contributed by atoms with Gasteiger partial charge < -0.3 is 4.43 Å². The molecular formula is C18H28OSi. The molecule has 0 saturated carbocycles. The molecule has 0 bridgehead atoms. The fourth-order valence-corrected chi connectivity index (χ4v) is 2.68. The lowest BCUT2D eigenvalue weighted by Crippen LogP contribution is -2.10. The van der Waals surface area contributed by atoms with E-state index in [1.165, 1.54) is 21.9 Å². The van der Waals surface area contributed by atoms with E-state index in [4.69, 9.17) is 4.43 Å². The van der Waals surface area contributed by atoms with E-state index < -0.39 is 9.76 Å². The Labute approximate surface area is 126 Å². The van der Waals surface area contributed by atoms with Crippen LogP contribution in [-0.2, 0) is 16.3 Å². The lowest BCUT2D eigenvalue weighted by atomic mass is 9.86. The summed E-state index contributed by atoms with van der Waals surface area (Å²) in [6.45, 7) is 13.1. The smallest absolute Gasteiger partial charge is 0.246 e. The van der Waals surface area contributed by atoms with Gasteiger partial charge in [0.25, 0.3) is 0 Å². The maximum atomic E-state index is 5.71. The minimum atomic E-state index is -0.537. The van der Waals surface area contributed by atoms with Crippen molar-refractivity contribution in [2.75, 3.05) is 0 Å². The summed E-state index contributed by atoms with van der Waals surface area (Å²) in [4.78, 5) is 0. The van der Waals surface area contributed by atoms with E-state index in [1.54, 1.807) is 0 Å². The lowest BCUT2D eigenvalue weighted by molar-refractivity contribution is 0.511. The topological polar surface area (TPSA) is 9.23 Å². The Morgan fingerprint density at radius 2 is 1.75 bits per heavy atom. The highest BCUT2D eigenvalue weighted by Gasteiger charge is 2.12. The minimum absolute atomic E-state index is 0.224. The molecule has 0 spiro atoms. The van der Waals surface area contributed by atoms with Gasteiger partial charge in [0.05, 0.1) is 6.26 Å². The first-order valence-corrected chi connectivity index (χ1v) is 8.60. The second kappa shape index (κ2) is 7.49. The van der Waals surface area contributed by atoms with E-state index in [9.17, 15) is 0 Å². The number of rotatable bonds is 5. The van der Waals surface area contributed by atoms with Gasteiger partial charge in [0, 0.05) is 0 Å². The van der Waals surface area contributed by atoms with Crippen LogP contribution in [-0.4, -0.2) is 9.76 Å². The van der Waals surface area contributed by atoms with Gasteiger partial charge in [0.2, 0.25) is 9.76 Å². The Hall–Kier alpha value is -1.28. The largest absolute Gasteiger partial charge is 0.551 e. The van der Waals surface area contributed by atoms with Crippen LogP contribution in [0.2, 0.25) is 0 Å². The zero-order valence-corrected chi connectivity index (χ0v) is 15.2. The van der Waals surface area contributed by atoms with Crippen LogP contribution in [0.4, 0.5) is 0 Å². The molecule has 0 aliphatic carbocycles. The summed E-state index contributed by atoms with van der Waals surface area (Å²) in [6, 6.07) is 8.93. The Kier molecular flexibility index (Phi) is 6.28. The Bertz CT molecular complexity index is 475. The molecule has 0 aromatic heterocycles. The number of benzene rings is 1. The average molecular weight is 289 g/mol. The molecule has 0 unspecified atom stereocenters. The molecule has 0 aliphatic heterocycles. The summed E-state index contributed by atoms with van der Waals surface area (Å²) >= 11 is 0. The quantitative estimate of drug-likeness (QED) is 0.574. The first kappa shape index (κ1) is 16.8. The van der Waals surface area contributed by atoms with Crippen LogP contribution in [0.1, 0.15) is 52.7 Å². The van der Waals surface area contributed by atoms with Crippen molar-refractivity contribution in [1.82, 2.24) is 0 Å². The van der Waals surface area contributed by atoms with E-state index in [0.29, 0.717) is 0 Å². The lowest BCUT2D eigenvalue weighted by Gasteiger charge is -2.19. The fraction of sp³-hybridized carbons (Fsp3) is 0.444. The molecule has 1 rings (SSSR count). The number of hydrogen-bond donors (Lipinski definition) is 0. The zero-order valence-electron chi connectivity index (χ0n) is 13.8. The second-order valence-electron chi connectivity index (χ2n) is 6.53. The molecule has 0 aliphatic rings. The normalized spacial score (nSPS) is 14.1. The van der Waals surface area contributed by atoms with Gasteiger partial charge in [-0.1, -0.05) is 56.3 Å². The number of allylic oxidation sites excluding steroid dienone is 3. The Morgan fingerprint density at radius 1 is 1.15 bits per heavy atom. The van der Waals surface area contributed by atoms with Gasteiger partial charge in [-0.2, -0.15) is 0 Å². The monoisotopic (exact) mass is 288 g/mol. The third-order valence-corrected chi connectivity index (χ3v) is 4.59. The molecule has 0 radical (unpaired) electrons. The number of hydrogen-bond acceptors (Lipinski definition) is 1. The molecule has 20 heavy (non-hydrogen) atoms. The molecule has 0 atom stereocenters. The summed E-state index contributed by atoms with van der Waals surface area (Å²) in [6.07, 6.45) is 5.05. The van der Waals surface area contributed by atoms with E-state index in [0.717, 1.165) is 6.42 Å². The van der Waals surface area contributed by atoms with Gasteiger partial charge in [-0.3, -0.25) is 0 Å². The first-order chi connectivity index (χ1) is 9.32. The van der Waals surface area contributed by atoms with Crippen LogP contribution in [0.25, 0.3) is 0 Å². The van der Waals surface area contributed by atoms with Crippen LogP contribution in [0.5, 0.6) is 0 Å². The molecule has 2 heteroatoms. The van der Waals surface area contributed by atoms with Crippen molar-refractivity contribution >= 4 is 9.76 Å². The molecule has 1 aromatic rings. The summed E-state index contributed by atoms with van der Waals surface area (Å²) in [5.74, 6) is 0. The summed E-state index contributed by atoms with van der Waals surface area (Å²) in [5.41, 5.74) is 4.24. The zero-order chi connectivity index (χ0) is 15.2. The predicted molar refractivity (Wildman–Crippen MR) is 91.7 cm³/mol. The highest BCUT2D eigenvalue weighted by Crippen LogP contribution is 2.22.